The van der Waals surface area contributed by atoms with Crippen LogP contribution >= 0.6 is 11.6 Å². The highest BCUT2D eigenvalue weighted by molar-refractivity contribution is 6.27. The summed E-state index contributed by atoms with van der Waals surface area (Å²) in [6.45, 7) is 1.39. The van der Waals surface area contributed by atoms with E-state index < -0.39 is 71.8 Å². The van der Waals surface area contributed by atoms with Crippen molar-refractivity contribution in [3.63, 3.8) is 0 Å². The number of rotatable bonds is 9. The highest BCUT2D eigenvalue weighted by atomic mass is 35.5. The van der Waals surface area contributed by atoms with Crippen LogP contribution in [-0.4, -0.2) is 60.1 Å². The Bertz CT molecular complexity index is 863. The number of benzene rings is 1. The van der Waals surface area contributed by atoms with Gasteiger partial charge in [-0.15, -0.1) is 11.6 Å². The molecule has 186 valence electrons. The molecule has 15 heteroatoms. The summed E-state index contributed by atoms with van der Waals surface area (Å²) in [6.07, 6.45) is -11.0. The number of aliphatic hydroxyl groups is 1. The van der Waals surface area contributed by atoms with Crippen molar-refractivity contribution in [1.29, 1.82) is 0 Å². The predicted molar refractivity (Wildman–Crippen MR) is 101 cm³/mol. The second-order valence-electron chi connectivity index (χ2n) is 6.28. The molecule has 0 fully saturated rings. The van der Waals surface area contributed by atoms with Crippen LogP contribution in [0.15, 0.2) is 24.3 Å². The molecule has 1 aromatic carbocycles. The van der Waals surface area contributed by atoms with Crippen LogP contribution in [0.4, 0.5) is 32.0 Å². The lowest BCUT2D eigenvalue weighted by Crippen LogP contribution is -2.69. The number of hydrogen-bond donors (Lipinski definition) is 3. The number of alkyl halides is 7. The van der Waals surface area contributed by atoms with Crippen LogP contribution in [0.5, 0.6) is 0 Å². The van der Waals surface area contributed by atoms with Gasteiger partial charge in [-0.1, -0.05) is 12.1 Å². The van der Waals surface area contributed by atoms with E-state index in [-0.39, 0.29) is 0 Å². The number of amides is 1. The van der Waals surface area contributed by atoms with Crippen molar-refractivity contribution in [1.82, 2.24) is 5.32 Å². The summed E-state index contributed by atoms with van der Waals surface area (Å²) in [4.78, 5) is 35.6. The Morgan fingerprint density at radius 2 is 1.39 bits per heavy atom. The highest BCUT2D eigenvalue weighted by Gasteiger charge is 2.64. The Kier molecular flexibility index (Phi) is 8.97. The molecule has 2 atom stereocenters. The molecule has 0 saturated carbocycles. The molecule has 1 rings (SSSR count). The Balaban J connectivity index is 3.51. The number of hydrogen-bond acceptors (Lipinski definition) is 7. The molecule has 0 aliphatic carbocycles. The molecule has 0 unspecified atom stereocenters. The largest absolute Gasteiger partial charge is 0.463 e. The summed E-state index contributed by atoms with van der Waals surface area (Å²) >= 11 is 5.22. The van der Waals surface area contributed by atoms with Crippen molar-refractivity contribution in [2.45, 2.75) is 37.5 Å². The zero-order valence-corrected chi connectivity index (χ0v) is 17.8. The van der Waals surface area contributed by atoms with Crippen molar-refractivity contribution >= 4 is 35.1 Å². The van der Waals surface area contributed by atoms with Crippen LogP contribution in [0.3, 0.4) is 0 Å². The van der Waals surface area contributed by atoms with Gasteiger partial charge in [0.05, 0.1) is 13.2 Å². The van der Waals surface area contributed by atoms with Crippen molar-refractivity contribution < 1.29 is 55.3 Å². The second-order valence-corrected chi connectivity index (χ2v) is 6.55. The van der Waals surface area contributed by atoms with Crippen LogP contribution in [0.25, 0.3) is 0 Å². The zero-order valence-electron chi connectivity index (χ0n) is 17.1. The average molecular weight is 509 g/mol. The first kappa shape index (κ1) is 28.3. The van der Waals surface area contributed by atoms with Crippen LogP contribution in [0, 0.1) is 0 Å². The van der Waals surface area contributed by atoms with Crippen molar-refractivity contribution in [2.75, 3.05) is 24.4 Å². The Morgan fingerprint density at radius 3 is 1.79 bits per heavy atom. The third-order valence-corrected chi connectivity index (χ3v) is 4.31. The number of carbonyl (C=O) groups is 3. The van der Waals surface area contributed by atoms with Gasteiger partial charge in [0.15, 0.2) is 0 Å². The quantitative estimate of drug-likeness (QED) is 0.203. The molecule has 0 aliphatic rings. The molecule has 0 bridgehead atoms. The number of carbonyl (C=O) groups excluding carboxylic acids is 3. The SMILES string of the molecule is CCOC(=O)[C@](NC(=O)CCl)(Nc1ccc([C@@](O)(C(=O)OCC)C(F)(F)F)cc1)C(F)(F)F. The first-order chi connectivity index (χ1) is 15.1. The van der Waals surface area contributed by atoms with Gasteiger partial charge in [-0.25, -0.2) is 9.59 Å². The average Bonchev–Trinajstić information content (AvgIpc) is 2.71. The fourth-order valence-corrected chi connectivity index (χ4v) is 2.58. The molecule has 0 saturated heterocycles. The van der Waals surface area contributed by atoms with Gasteiger partial charge < -0.3 is 25.2 Å². The molecule has 0 aliphatic heterocycles. The summed E-state index contributed by atoms with van der Waals surface area (Å²) in [5, 5.41) is 13.1. The van der Waals surface area contributed by atoms with Crippen molar-refractivity contribution in [2.24, 2.45) is 0 Å². The third-order valence-electron chi connectivity index (χ3n) is 4.07. The molecule has 0 radical (unpaired) electrons. The summed E-state index contributed by atoms with van der Waals surface area (Å²) in [5.41, 5.74) is -9.67. The first-order valence-electron chi connectivity index (χ1n) is 9.06. The van der Waals surface area contributed by atoms with Gasteiger partial charge in [-0.3, -0.25) is 4.79 Å². The molecule has 3 N–H and O–H groups in total. The zero-order chi connectivity index (χ0) is 25.7. The van der Waals surface area contributed by atoms with Crippen LogP contribution in [-0.2, 0) is 29.5 Å². The predicted octanol–water partition coefficient (Wildman–Crippen LogP) is 2.59. The number of ether oxygens (including phenoxy) is 2. The van der Waals surface area contributed by atoms with Crippen LogP contribution in [0.2, 0.25) is 0 Å². The summed E-state index contributed by atoms with van der Waals surface area (Å²) in [6, 6.07) is 2.19. The number of anilines is 1. The van der Waals surface area contributed by atoms with Gasteiger partial charge in [0.25, 0.3) is 5.60 Å². The lowest BCUT2D eigenvalue weighted by molar-refractivity contribution is -0.267. The van der Waals surface area contributed by atoms with E-state index in [9.17, 15) is 45.8 Å². The fourth-order valence-electron chi connectivity index (χ4n) is 2.52. The van der Waals surface area contributed by atoms with E-state index in [1.807, 2.05) is 0 Å². The topological polar surface area (TPSA) is 114 Å². The number of nitrogens with one attached hydrogen (secondary N) is 2. The Hall–Kier alpha value is -2.74. The maximum atomic E-state index is 13.9. The lowest BCUT2D eigenvalue weighted by atomic mass is 9.92. The van der Waals surface area contributed by atoms with Crippen molar-refractivity contribution in [3.8, 4) is 0 Å². The number of halogens is 7. The van der Waals surface area contributed by atoms with Gasteiger partial charge >= 0.3 is 30.0 Å². The van der Waals surface area contributed by atoms with E-state index in [0.717, 1.165) is 0 Å². The molecule has 8 nitrogen and oxygen atoms in total. The molecule has 1 aromatic rings. The molecule has 33 heavy (non-hydrogen) atoms. The summed E-state index contributed by atoms with van der Waals surface area (Å²) < 4.78 is 90.6. The standard InChI is InChI=1S/C18H19ClF6N2O6/c1-3-32-13(29)15(31,17(20,21)22)10-5-7-11(8-6-10)26-16(18(23,24)25,14(30)33-4-2)27-12(28)9-19/h5-8,26,31H,3-4,9H2,1-2H3,(H,27,28)/t15-,16-/m1/s1. The summed E-state index contributed by atoms with van der Waals surface area (Å²) in [7, 11) is 0. The third kappa shape index (κ3) is 5.79. The summed E-state index contributed by atoms with van der Waals surface area (Å²) in [5.74, 6) is -6.40. The molecule has 0 spiro atoms. The van der Waals surface area contributed by atoms with Crippen LogP contribution < -0.4 is 10.6 Å². The van der Waals surface area contributed by atoms with E-state index in [1.165, 1.54) is 19.2 Å². The van der Waals surface area contributed by atoms with E-state index >= 15 is 0 Å². The van der Waals surface area contributed by atoms with Gasteiger partial charge in [0.2, 0.25) is 5.91 Å². The van der Waals surface area contributed by atoms with Gasteiger partial charge in [0, 0.05) is 11.3 Å². The highest BCUT2D eigenvalue weighted by Crippen LogP contribution is 2.41. The molecular weight excluding hydrogens is 490 g/mol. The fraction of sp³-hybridized carbons (Fsp3) is 0.500. The van der Waals surface area contributed by atoms with Crippen LogP contribution in [0.1, 0.15) is 19.4 Å². The molecule has 0 aromatic heterocycles. The molecule has 1 amide bonds. The van der Waals surface area contributed by atoms with E-state index in [2.05, 4.69) is 9.47 Å². The first-order valence-corrected chi connectivity index (χ1v) is 9.60. The van der Waals surface area contributed by atoms with Gasteiger partial charge in [0.1, 0.15) is 5.88 Å². The minimum atomic E-state index is -5.54. The van der Waals surface area contributed by atoms with Crippen molar-refractivity contribution in [3.05, 3.63) is 29.8 Å². The Morgan fingerprint density at radius 1 is 0.909 bits per heavy atom. The maximum Gasteiger partial charge on any atom is 0.441 e. The normalized spacial score (nSPS) is 15.6. The lowest BCUT2D eigenvalue weighted by Gasteiger charge is -2.35. The molecular formula is C18H19ClF6N2O6. The van der Waals surface area contributed by atoms with E-state index in [4.69, 9.17) is 11.6 Å². The minimum absolute atomic E-state index is 0.488. The molecule has 0 heterocycles. The monoisotopic (exact) mass is 508 g/mol. The maximum absolute atomic E-state index is 13.9. The Labute approximate surface area is 188 Å². The second kappa shape index (κ2) is 10.5. The van der Waals surface area contributed by atoms with E-state index in [1.54, 1.807) is 5.32 Å². The van der Waals surface area contributed by atoms with Gasteiger partial charge in [-0.2, -0.15) is 26.3 Å². The minimum Gasteiger partial charge on any atom is -0.463 e. The van der Waals surface area contributed by atoms with Gasteiger partial charge in [-0.05, 0) is 26.0 Å². The smallest absolute Gasteiger partial charge is 0.441 e. The number of esters is 2. The van der Waals surface area contributed by atoms with E-state index in [0.29, 0.717) is 24.3 Å².